The molecule has 146 valence electrons. The first-order valence-electron chi connectivity index (χ1n) is 9.37. The van der Waals surface area contributed by atoms with E-state index in [1.54, 1.807) is 30.3 Å². The van der Waals surface area contributed by atoms with Gasteiger partial charge in [0, 0.05) is 18.7 Å². The summed E-state index contributed by atoms with van der Waals surface area (Å²) in [7, 11) is -3.85. The van der Waals surface area contributed by atoms with Crippen LogP contribution >= 0.6 is 0 Å². The van der Waals surface area contributed by atoms with Gasteiger partial charge in [0.2, 0.25) is 26.6 Å². The fraction of sp³-hybridized carbons (Fsp3) is 0.286. The summed E-state index contributed by atoms with van der Waals surface area (Å²) in [5, 5.41) is -0.0834. The van der Waals surface area contributed by atoms with Crippen molar-refractivity contribution in [3.63, 3.8) is 0 Å². The first-order chi connectivity index (χ1) is 13.6. The highest BCUT2D eigenvalue weighted by molar-refractivity contribution is 7.91. The molecule has 1 aliphatic heterocycles. The van der Waals surface area contributed by atoms with Crippen molar-refractivity contribution in [3.8, 4) is 11.5 Å². The molecule has 2 heterocycles. The summed E-state index contributed by atoms with van der Waals surface area (Å²) < 4.78 is 45.8. The van der Waals surface area contributed by atoms with Gasteiger partial charge >= 0.3 is 0 Å². The number of aromatic nitrogens is 1. The summed E-state index contributed by atoms with van der Waals surface area (Å²) in [5.74, 6) is 0.0685. The molecule has 28 heavy (non-hydrogen) atoms. The minimum atomic E-state index is -3.85. The average molecular weight is 400 g/mol. The summed E-state index contributed by atoms with van der Waals surface area (Å²) in [5.41, 5.74) is 0.534. The van der Waals surface area contributed by atoms with Crippen LogP contribution in [0.15, 0.2) is 68.9 Å². The topological polar surface area (TPSA) is 63.4 Å². The maximum absolute atomic E-state index is 13.3. The standard InChI is InChI=1S/C21H21FN2O3S/c22-17-12-10-16(11-13-17)19-23-20(28(25,26)18-8-4-3-5-9-18)21(27-19)24-14-6-1-2-7-15-24/h3-5,8-13H,1-2,6-7,14-15H2. The molecule has 0 saturated carbocycles. The first kappa shape index (κ1) is 18.7. The third-order valence-electron chi connectivity index (χ3n) is 4.87. The Balaban J connectivity index is 1.84. The van der Waals surface area contributed by atoms with Gasteiger partial charge in [0.1, 0.15) is 5.82 Å². The highest BCUT2D eigenvalue weighted by atomic mass is 32.2. The Kier molecular flexibility index (Phi) is 5.17. The molecule has 1 fully saturated rings. The van der Waals surface area contributed by atoms with E-state index in [4.69, 9.17) is 4.42 Å². The minimum absolute atomic E-state index is 0.0834. The molecule has 0 amide bonds. The van der Waals surface area contributed by atoms with E-state index in [1.807, 2.05) is 4.90 Å². The Labute approximate surface area is 163 Å². The van der Waals surface area contributed by atoms with Crippen molar-refractivity contribution >= 4 is 15.7 Å². The fourth-order valence-corrected chi connectivity index (χ4v) is 4.72. The van der Waals surface area contributed by atoms with Crippen molar-refractivity contribution in [2.45, 2.75) is 35.6 Å². The van der Waals surface area contributed by atoms with E-state index in [1.165, 1.54) is 24.3 Å². The average Bonchev–Trinajstić information content (AvgIpc) is 2.99. The third kappa shape index (κ3) is 3.67. The van der Waals surface area contributed by atoms with Gasteiger partial charge in [-0.1, -0.05) is 31.0 Å². The molecule has 0 aliphatic carbocycles. The van der Waals surface area contributed by atoms with Gasteiger partial charge in [-0.25, -0.2) is 12.8 Å². The highest BCUT2D eigenvalue weighted by Crippen LogP contribution is 2.35. The Morgan fingerprint density at radius 1 is 0.893 bits per heavy atom. The van der Waals surface area contributed by atoms with Crippen LogP contribution in [0.3, 0.4) is 0 Å². The number of hydrogen-bond acceptors (Lipinski definition) is 5. The van der Waals surface area contributed by atoms with Gasteiger partial charge in [-0.15, -0.1) is 0 Å². The van der Waals surface area contributed by atoms with E-state index in [9.17, 15) is 12.8 Å². The quantitative estimate of drug-likeness (QED) is 0.636. The van der Waals surface area contributed by atoms with Crippen LogP contribution in [0.5, 0.6) is 0 Å². The number of hydrogen-bond donors (Lipinski definition) is 0. The molecule has 0 atom stereocenters. The summed E-state index contributed by atoms with van der Waals surface area (Å²) in [6.07, 6.45) is 4.15. The van der Waals surface area contributed by atoms with Crippen molar-refractivity contribution in [1.29, 1.82) is 0 Å². The van der Waals surface area contributed by atoms with Crippen LogP contribution in [0, 0.1) is 5.82 Å². The highest BCUT2D eigenvalue weighted by Gasteiger charge is 2.31. The molecule has 3 aromatic rings. The lowest BCUT2D eigenvalue weighted by atomic mass is 10.2. The zero-order valence-electron chi connectivity index (χ0n) is 15.3. The van der Waals surface area contributed by atoms with Crippen LogP contribution in [0.1, 0.15) is 25.7 Å². The molecule has 0 bridgehead atoms. The van der Waals surface area contributed by atoms with Crippen LogP contribution in [-0.2, 0) is 9.84 Å². The molecule has 5 nitrogen and oxygen atoms in total. The van der Waals surface area contributed by atoms with Crippen molar-refractivity contribution < 1.29 is 17.2 Å². The van der Waals surface area contributed by atoms with Crippen LogP contribution in [0.4, 0.5) is 10.3 Å². The first-order valence-corrected chi connectivity index (χ1v) is 10.9. The van der Waals surface area contributed by atoms with Gasteiger partial charge in [0.15, 0.2) is 0 Å². The predicted octanol–water partition coefficient (Wildman–Crippen LogP) is 4.69. The zero-order valence-corrected chi connectivity index (χ0v) is 16.2. The maximum Gasteiger partial charge on any atom is 0.236 e. The molecule has 7 heteroatoms. The maximum atomic E-state index is 13.3. The normalized spacial score (nSPS) is 15.4. The number of rotatable bonds is 4. The molecule has 2 aromatic carbocycles. The van der Waals surface area contributed by atoms with Gasteiger partial charge in [-0.3, -0.25) is 0 Å². The monoisotopic (exact) mass is 400 g/mol. The van der Waals surface area contributed by atoms with Crippen molar-refractivity contribution in [3.05, 3.63) is 60.4 Å². The van der Waals surface area contributed by atoms with E-state index >= 15 is 0 Å². The molecule has 1 aromatic heterocycles. The number of oxazole rings is 1. The van der Waals surface area contributed by atoms with E-state index in [2.05, 4.69) is 4.98 Å². The van der Waals surface area contributed by atoms with Gasteiger partial charge < -0.3 is 9.32 Å². The largest absolute Gasteiger partial charge is 0.419 e. The molecular weight excluding hydrogens is 379 g/mol. The number of sulfone groups is 1. The van der Waals surface area contributed by atoms with Crippen LogP contribution < -0.4 is 4.90 Å². The zero-order chi connectivity index (χ0) is 19.6. The lowest BCUT2D eigenvalue weighted by molar-refractivity contribution is 0.543. The lowest BCUT2D eigenvalue weighted by Crippen LogP contribution is -2.25. The molecule has 0 spiro atoms. The molecule has 0 N–H and O–H groups in total. The SMILES string of the molecule is O=S(=O)(c1ccccc1)c1nc(-c2ccc(F)cc2)oc1N1CCCCCC1. The van der Waals surface area contributed by atoms with Crippen LogP contribution in [0.25, 0.3) is 11.5 Å². The number of anilines is 1. The second-order valence-electron chi connectivity index (χ2n) is 6.85. The van der Waals surface area contributed by atoms with Gasteiger partial charge in [0.05, 0.1) is 4.90 Å². The van der Waals surface area contributed by atoms with E-state index < -0.39 is 9.84 Å². The summed E-state index contributed by atoms with van der Waals surface area (Å²) in [6.45, 7) is 1.44. The van der Waals surface area contributed by atoms with Gasteiger partial charge in [0.25, 0.3) is 0 Å². The molecule has 1 saturated heterocycles. The lowest BCUT2D eigenvalue weighted by Gasteiger charge is -2.20. The van der Waals surface area contributed by atoms with Crippen molar-refractivity contribution in [1.82, 2.24) is 4.98 Å². The Morgan fingerprint density at radius 2 is 1.54 bits per heavy atom. The minimum Gasteiger partial charge on any atom is -0.419 e. The van der Waals surface area contributed by atoms with E-state index in [0.29, 0.717) is 5.56 Å². The smallest absolute Gasteiger partial charge is 0.236 e. The second-order valence-corrected chi connectivity index (χ2v) is 8.72. The molecule has 0 unspecified atom stereocenters. The Hall–Kier alpha value is -2.67. The molecule has 1 aliphatic rings. The summed E-state index contributed by atoms with van der Waals surface area (Å²) >= 11 is 0. The Morgan fingerprint density at radius 3 is 2.18 bits per heavy atom. The summed E-state index contributed by atoms with van der Waals surface area (Å²) in [4.78, 5) is 6.48. The second kappa shape index (κ2) is 7.75. The molecular formula is C21H21FN2O3S. The number of halogens is 1. The van der Waals surface area contributed by atoms with Crippen LogP contribution in [-0.4, -0.2) is 26.5 Å². The summed E-state index contributed by atoms with van der Waals surface area (Å²) in [6, 6.07) is 13.9. The molecule has 4 rings (SSSR count). The third-order valence-corrected chi connectivity index (χ3v) is 6.54. The number of nitrogens with zero attached hydrogens (tertiary/aromatic N) is 2. The van der Waals surface area contributed by atoms with Gasteiger partial charge in [-0.2, -0.15) is 4.98 Å². The fourth-order valence-electron chi connectivity index (χ4n) is 3.37. The van der Waals surface area contributed by atoms with Crippen molar-refractivity contribution in [2.75, 3.05) is 18.0 Å². The van der Waals surface area contributed by atoms with E-state index in [-0.39, 0.29) is 27.5 Å². The predicted molar refractivity (Wildman–Crippen MR) is 104 cm³/mol. The molecule has 0 radical (unpaired) electrons. The van der Waals surface area contributed by atoms with E-state index in [0.717, 1.165) is 38.8 Å². The Bertz CT molecular complexity index is 1040. The van der Waals surface area contributed by atoms with Crippen LogP contribution in [0.2, 0.25) is 0 Å². The number of benzene rings is 2. The van der Waals surface area contributed by atoms with Crippen molar-refractivity contribution in [2.24, 2.45) is 0 Å². The van der Waals surface area contributed by atoms with Gasteiger partial charge in [-0.05, 0) is 49.2 Å².